The molecule has 3 nitrogen and oxygen atoms in total. The Morgan fingerprint density at radius 3 is 2.85 bits per heavy atom. The van der Waals surface area contributed by atoms with Gasteiger partial charge in [0.1, 0.15) is 5.84 Å². The molecule has 13 heavy (non-hydrogen) atoms. The van der Waals surface area contributed by atoms with E-state index < -0.39 is 0 Å². The fourth-order valence-corrected chi connectivity index (χ4v) is 1.78. The summed E-state index contributed by atoms with van der Waals surface area (Å²) in [6, 6.07) is 7.43. The fourth-order valence-electron chi connectivity index (χ4n) is 0.742. The number of halogens is 1. The summed E-state index contributed by atoms with van der Waals surface area (Å²) in [6.45, 7) is 0. The van der Waals surface area contributed by atoms with Gasteiger partial charge in [-0.3, -0.25) is 0 Å². The molecule has 0 amide bonds. The Labute approximate surface area is 85.6 Å². The molecule has 0 heterocycles. The zero-order valence-electron chi connectivity index (χ0n) is 6.77. The number of oxime groups is 1. The van der Waals surface area contributed by atoms with E-state index >= 15 is 0 Å². The summed E-state index contributed by atoms with van der Waals surface area (Å²) in [5, 5.41) is 11.8. The molecule has 0 radical (unpaired) electrons. The smallest absolute Gasteiger partial charge is 0.149 e. The molecular weight excluding hydrogens is 208 g/mol. The quantitative estimate of drug-likeness (QED) is 0.268. The Morgan fingerprint density at radius 1 is 1.54 bits per heavy atom. The first-order valence-corrected chi connectivity index (χ1v) is 4.94. The van der Waals surface area contributed by atoms with Gasteiger partial charge >= 0.3 is 0 Å². The van der Waals surface area contributed by atoms with Crippen molar-refractivity contribution in [3.8, 4) is 0 Å². The number of benzene rings is 1. The first-order chi connectivity index (χ1) is 6.24. The van der Waals surface area contributed by atoms with Crippen LogP contribution in [0.25, 0.3) is 0 Å². The fraction of sp³-hybridized carbons (Fsp3) is 0.125. The van der Waals surface area contributed by atoms with Gasteiger partial charge in [0.15, 0.2) is 0 Å². The lowest BCUT2D eigenvalue weighted by Crippen LogP contribution is -2.14. The third-order valence-corrected chi connectivity index (χ3v) is 2.89. The van der Waals surface area contributed by atoms with Crippen molar-refractivity contribution in [2.75, 3.05) is 5.75 Å². The van der Waals surface area contributed by atoms with Crippen LogP contribution < -0.4 is 5.73 Å². The minimum absolute atomic E-state index is 0.185. The molecule has 1 rings (SSSR count). The highest BCUT2D eigenvalue weighted by molar-refractivity contribution is 8.00. The Hall–Kier alpha value is -0.870. The average Bonchev–Trinajstić information content (AvgIpc) is 2.16. The molecule has 0 aromatic heterocycles. The maximum absolute atomic E-state index is 8.30. The largest absolute Gasteiger partial charge is 0.409 e. The maximum Gasteiger partial charge on any atom is 0.149 e. The molecule has 0 aliphatic rings. The van der Waals surface area contributed by atoms with Crippen molar-refractivity contribution in [1.29, 1.82) is 0 Å². The molecule has 0 unspecified atom stereocenters. The molecule has 0 spiro atoms. The van der Waals surface area contributed by atoms with E-state index in [1.807, 2.05) is 18.2 Å². The van der Waals surface area contributed by atoms with Gasteiger partial charge in [0, 0.05) is 4.90 Å². The van der Waals surface area contributed by atoms with E-state index in [1.54, 1.807) is 6.07 Å². The monoisotopic (exact) mass is 216 g/mol. The van der Waals surface area contributed by atoms with Gasteiger partial charge in [0.05, 0.1) is 10.8 Å². The Bertz CT molecular complexity index is 317. The van der Waals surface area contributed by atoms with Gasteiger partial charge in [0.2, 0.25) is 0 Å². The summed E-state index contributed by atoms with van der Waals surface area (Å²) in [6.07, 6.45) is 0. The molecule has 5 heteroatoms. The number of thioether (sulfide) groups is 1. The van der Waals surface area contributed by atoms with E-state index in [0.717, 1.165) is 4.90 Å². The second-order valence-corrected chi connectivity index (χ2v) is 3.73. The van der Waals surface area contributed by atoms with Gasteiger partial charge in [-0.15, -0.1) is 11.8 Å². The lowest BCUT2D eigenvalue weighted by molar-refractivity contribution is 0.318. The lowest BCUT2D eigenvalue weighted by atomic mass is 10.4. The van der Waals surface area contributed by atoms with Crippen molar-refractivity contribution in [2.45, 2.75) is 4.90 Å². The normalized spacial score (nSPS) is 11.6. The number of hydrogen-bond donors (Lipinski definition) is 2. The highest BCUT2D eigenvalue weighted by Crippen LogP contribution is 2.25. The van der Waals surface area contributed by atoms with E-state index in [1.165, 1.54) is 11.8 Å². The van der Waals surface area contributed by atoms with Crippen LogP contribution in [0.15, 0.2) is 34.3 Å². The van der Waals surface area contributed by atoms with Gasteiger partial charge in [-0.2, -0.15) is 0 Å². The van der Waals surface area contributed by atoms with Crippen molar-refractivity contribution < 1.29 is 5.21 Å². The Balaban J connectivity index is 2.60. The van der Waals surface area contributed by atoms with Crippen LogP contribution in [0.1, 0.15) is 0 Å². The van der Waals surface area contributed by atoms with Crippen molar-refractivity contribution in [1.82, 2.24) is 0 Å². The first-order valence-electron chi connectivity index (χ1n) is 3.57. The molecule has 70 valence electrons. The van der Waals surface area contributed by atoms with E-state index in [-0.39, 0.29) is 5.84 Å². The zero-order chi connectivity index (χ0) is 9.68. The zero-order valence-corrected chi connectivity index (χ0v) is 8.35. The predicted molar refractivity (Wildman–Crippen MR) is 55.6 cm³/mol. The van der Waals surface area contributed by atoms with Crippen molar-refractivity contribution in [3.05, 3.63) is 29.3 Å². The van der Waals surface area contributed by atoms with Gasteiger partial charge in [-0.1, -0.05) is 28.9 Å². The third-order valence-electron chi connectivity index (χ3n) is 1.34. The van der Waals surface area contributed by atoms with E-state index in [0.29, 0.717) is 10.8 Å². The predicted octanol–water partition coefficient (Wildman–Crippen LogP) is 2.18. The maximum atomic E-state index is 8.30. The number of nitrogens with two attached hydrogens (primary N) is 1. The summed E-state index contributed by atoms with van der Waals surface area (Å²) in [4.78, 5) is 0.927. The number of nitrogens with zero attached hydrogens (tertiary/aromatic N) is 1. The highest BCUT2D eigenvalue weighted by atomic mass is 35.5. The summed E-state index contributed by atoms with van der Waals surface area (Å²) in [5.74, 6) is 0.616. The van der Waals surface area contributed by atoms with Crippen LogP contribution in [0, 0.1) is 0 Å². The molecule has 3 N–H and O–H groups in total. The second kappa shape index (κ2) is 4.99. The van der Waals surface area contributed by atoms with Crippen LogP contribution >= 0.6 is 23.4 Å². The number of hydrogen-bond acceptors (Lipinski definition) is 3. The molecule has 0 atom stereocenters. The van der Waals surface area contributed by atoms with Crippen LogP contribution in [-0.4, -0.2) is 16.8 Å². The van der Waals surface area contributed by atoms with Crippen molar-refractivity contribution >= 4 is 29.2 Å². The Morgan fingerprint density at radius 2 is 2.23 bits per heavy atom. The van der Waals surface area contributed by atoms with Gasteiger partial charge in [-0.05, 0) is 12.1 Å². The lowest BCUT2D eigenvalue weighted by Gasteiger charge is -2.01. The minimum atomic E-state index is 0.185. The van der Waals surface area contributed by atoms with Crippen LogP contribution in [0.4, 0.5) is 0 Å². The summed E-state index contributed by atoms with van der Waals surface area (Å²) >= 11 is 7.32. The van der Waals surface area contributed by atoms with Crippen molar-refractivity contribution in [3.63, 3.8) is 0 Å². The first kappa shape index (κ1) is 10.2. The highest BCUT2D eigenvalue weighted by Gasteiger charge is 2.00. The van der Waals surface area contributed by atoms with E-state index in [9.17, 15) is 0 Å². The molecule has 0 saturated carbocycles. The SMILES string of the molecule is NC(CSc1ccccc1Cl)=NO. The molecule has 0 bridgehead atoms. The standard InChI is InChI=1S/C8H9ClN2OS/c9-6-3-1-2-4-7(6)13-5-8(10)11-12/h1-4,12H,5H2,(H2,10,11). The molecule has 0 aliphatic heterocycles. The topological polar surface area (TPSA) is 58.6 Å². The van der Waals surface area contributed by atoms with Crippen molar-refractivity contribution in [2.24, 2.45) is 10.9 Å². The average molecular weight is 217 g/mol. The minimum Gasteiger partial charge on any atom is -0.409 e. The number of amidine groups is 1. The van der Waals surface area contributed by atoms with E-state index in [4.69, 9.17) is 22.5 Å². The molecular formula is C8H9ClN2OS. The Kier molecular flexibility index (Phi) is 3.92. The molecule has 0 aliphatic carbocycles. The van der Waals surface area contributed by atoms with Crippen LogP contribution in [0.3, 0.4) is 0 Å². The van der Waals surface area contributed by atoms with Crippen LogP contribution in [0.2, 0.25) is 5.02 Å². The summed E-state index contributed by atoms with van der Waals surface area (Å²) < 4.78 is 0. The molecule has 1 aromatic carbocycles. The molecule has 0 fully saturated rings. The third kappa shape index (κ3) is 3.16. The van der Waals surface area contributed by atoms with Crippen LogP contribution in [0.5, 0.6) is 0 Å². The van der Waals surface area contributed by atoms with Gasteiger partial charge in [-0.25, -0.2) is 0 Å². The molecule has 0 saturated heterocycles. The molecule has 1 aromatic rings. The number of rotatable bonds is 3. The van der Waals surface area contributed by atoms with Gasteiger partial charge in [0.25, 0.3) is 0 Å². The van der Waals surface area contributed by atoms with Crippen LogP contribution in [-0.2, 0) is 0 Å². The second-order valence-electron chi connectivity index (χ2n) is 2.31. The summed E-state index contributed by atoms with van der Waals surface area (Å²) in [7, 11) is 0. The van der Waals surface area contributed by atoms with Gasteiger partial charge < -0.3 is 10.9 Å². The summed E-state index contributed by atoms with van der Waals surface area (Å²) in [5.41, 5.74) is 5.31. The van der Waals surface area contributed by atoms with E-state index in [2.05, 4.69) is 5.16 Å².